The average Bonchev–Trinajstić information content (AvgIpc) is 3.02. The van der Waals surface area contributed by atoms with Gasteiger partial charge in [-0.1, -0.05) is 24.3 Å². The summed E-state index contributed by atoms with van der Waals surface area (Å²) in [7, 11) is 0. The third-order valence-electron chi connectivity index (χ3n) is 3.44. The van der Waals surface area contributed by atoms with Crippen LogP contribution in [-0.4, -0.2) is 20.2 Å². The third-order valence-corrected chi connectivity index (χ3v) is 3.44. The standard InChI is InChI=1S/C16H13N5/c1-2-6-14-13(5-1)17-9-12(20-14)10-18-15-7-3-4-11-8-19-21-16(11)15/h1-9,18H,10H2,(H,19,21). The number of aromatic nitrogens is 4. The first-order valence-corrected chi connectivity index (χ1v) is 6.77. The molecule has 4 aromatic rings. The predicted molar refractivity (Wildman–Crippen MR) is 83.0 cm³/mol. The highest BCUT2D eigenvalue weighted by molar-refractivity contribution is 5.89. The van der Waals surface area contributed by atoms with Crippen LogP contribution in [0.25, 0.3) is 21.9 Å². The summed E-state index contributed by atoms with van der Waals surface area (Å²) in [6.45, 7) is 0.621. The topological polar surface area (TPSA) is 66.5 Å². The SMILES string of the molecule is c1cc(NCc2cnc3ccccc3n2)c2[nH]ncc2c1. The zero-order valence-electron chi connectivity index (χ0n) is 11.2. The number of fused-ring (bicyclic) bond motifs is 2. The van der Waals surface area contributed by atoms with E-state index in [0.29, 0.717) is 6.54 Å². The van der Waals surface area contributed by atoms with Crippen molar-refractivity contribution in [2.45, 2.75) is 6.54 Å². The highest BCUT2D eigenvalue weighted by atomic mass is 15.1. The lowest BCUT2D eigenvalue weighted by Crippen LogP contribution is -2.03. The quantitative estimate of drug-likeness (QED) is 0.603. The number of nitrogens with zero attached hydrogens (tertiary/aromatic N) is 3. The maximum atomic E-state index is 4.61. The van der Waals surface area contributed by atoms with Crippen LogP contribution < -0.4 is 5.32 Å². The molecule has 102 valence electrons. The van der Waals surface area contributed by atoms with Gasteiger partial charge in [0, 0.05) is 5.39 Å². The van der Waals surface area contributed by atoms with Crippen molar-refractivity contribution in [2.75, 3.05) is 5.32 Å². The molecule has 5 nitrogen and oxygen atoms in total. The van der Waals surface area contributed by atoms with Gasteiger partial charge in [0.25, 0.3) is 0 Å². The van der Waals surface area contributed by atoms with E-state index < -0.39 is 0 Å². The summed E-state index contributed by atoms with van der Waals surface area (Å²) in [6.07, 6.45) is 3.62. The number of hydrogen-bond donors (Lipinski definition) is 2. The van der Waals surface area contributed by atoms with Crippen molar-refractivity contribution in [1.29, 1.82) is 0 Å². The Balaban J connectivity index is 1.61. The van der Waals surface area contributed by atoms with Crippen molar-refractivity contribution >= 4 is 27.6 Å². The van der Waals surface area contributed by atoms with Gasteiger partial charge in [-0.2, -0.15) is 5.10 Å². The number of hydrogen-bond acceptors (Lipinski definition) is 4. The van der Waals surface area contributed by atoms with Crippen LogP contribution in [0.5, 0.6) is 0 Å². The van der Waals surface area contributed by atoms with Crippen LogP contribution in [0.1, 0.15) is 5.69 Å². The van der Waals surface area contributed by atoms with Crippen molar-refractivity contribution in [3.8, 4) is 0 Å². The fourth-order valence-corrected chi connectivity index (χ4v) is 2.38. The highest BCUT2D eigenvalue weighted by Gasteiger charge is 2.03. The van der Waals surface area contributed by atoms with Gasteiger partial charge < -0.3 is 5.32 Å². The summed E-state index contributed by atoms with van der Waals surface area (Å²) in [5, 5.41) is 11.5. The minimum absolute atomic E-state index is 0.621. The molecule has 0 saturated carbocycles. The molecule has 0 aliphatic heterocycles. The third kappa shape index (κ3) is 2.18. The van der Waals surface area contributed by atoms with Crippen LogP contribution in [-0.2, 0) is 6.54 Å². The first-order valence-electron chi connectivity index (χ1n) is 6.77. The molecule has 0 bridgehead atoms. The Labute approximate surface area is 121 Å². The number of rotatable bonds is 3. The monoisotopic (exact) mass is 275 g/mol. The van der Waals surface area contributed by atoms with Gasteiger partial charge in [0.05, 0.1) is 46.9 Å². The lowest BCUT2D eigenvalue weighted by molar-refractivity contribution is 1.04. The van der Waals surface area contributed by atoms with Crippen LogP contribution in [0.2, 0.25) is 0 Å². The van der Waals surface area contributed by atoms with Gasteiger partial charge in [-0.3, -0.25) is 10.1 Å². The summed E-state index contributed by atoms with van der Waals surface area (Å²) >= 11 is 0. The Hall–Kier alpha value is -2.95. The number of nitrogens with one attached hydrogen (secondary N) is 2. The highest BCUT2D eigenvalue weighted by Crippen LogP contribution is 2.21. The molecule has 4 rings (SSSR count). The fraction of sp³-hybridized carbons (Fsp3) is 0.0625. The normalized spacial score (nSPS) is 11.0. The number of aromatic amines is 1. The molecule has 0 radical (unpaired) electrons. The lowest BCUT2D eigenvalue weighted by atomic mass is 10.2. The van der Waals surface area contributed by atoms with E-state index >= 15 is 0 Å². The molecular formula is C16H13N5. The molecule has 5 heteroatoms. The second-order valence-corrected chi connectivity index (χ2v) is 4.84. The lowest BCUT2D eigenvalue weighted by Gasteiger charge is -2.07. The molecule has 0 amide bonds. The predicted octanol–water partition coefficient (Wildman–Crippen LogP) is 3.12. The van der Waals surface area contributed by atoms with E-state index in [-0.39, 0.29) is 0 Å². The van der Waals surface area contributed by atoms with Gasteiger partial charge in [-0.25, -0.2) is 4.98 Å². The summed E-state index contributed by atoms with van der Waals surface area (Å²) in [6, 6.07) is 13.9. The molecule has 0 aliphatic carbocycles. The molecule has 0 spiro atoms. The van der Waals surface area contributed by atoms with E-state index in [1.165, 1.54) is 0 Å². The van der Waals surface area contributed by atoms with Gasteiger partial charge in [0.1, 0.15) is 0 Å². The van der Waals surface area contributed by atoms with Gasteiger partial charge in [-0.15, -0.1) is 0 Å². The average molecular weight is 275 g/mol. The smallest absolute Gasteiger partial charge is 0.0890 e. The maximum absolute atomic E-state index is 4.61. The van der Waals surface area contributed by atoms with E-state index in [0.717, 1.165) is 33.3 Å². The molecule has 0 atom stereocenters. The molecule has 2 N–H and O–H groups in total. The largest absolute Gasteiger partial charge is 0.378 e. The van der Waals surface area contributed by atoms with Gasteiger partial charge in [0.15, 0.2) is 0 Å². The van der Waals surface area contributed by atoms with Crippen molar-refractivity contribution < 1.29 is 0 Å². The van der Waals surface area contributed by atoms with Crippen LogP contribution in [0.3, 0.4) is 0 Å². The van der Waals surface area contributed by atoms with Crippen LogP contribution in [0.15, 0.2) is 54.9 Å². The van der Waals surface area contributed by atoms with Crippen molar-refractivity contribution in [1.82, 2.24) is 20.2 Å². The van der Waals surface area contributed by atoms with Gasteiger partial charge in [-0.05, 0) is 18.2 Å². The maximum Gasteiger partial charge on any atom is 0.0890 e. The second kappa shape index (κ2) is 4.86. The number of H-pyrrole nitrogens is 1. The zero-order valence-corrected chi connectivity index (χ0v) is 11.2. The molecule has 0 fully saturated rings. The minimum Gasteiger partial charge on any atom is -0.378 e. The first-order chi connectivity index (χ1) is 10.4. The first kappa shape index (κ1) is 11.8. The van der Waals surface area contributed by atoms with E-state index in [1.54, 1.807) is 0 Å². The molecule has 2 aromatic heterocycles. The van der Waals surface area contributed by atoms with Gasteiger partial charge >= 0.3 is 0 Å². The van der Waals surface area contributed by atoms with E-state index in [1.807, 2.05) is 54.9 Å². The van der Waals surface area contributed by atoms with Gasteiger partial charge in [0.2, 0.25) is 0 Å². The van der Waals surface area contributed by atoms with Crippen molar-refractivity contribution in [3.63, 3.8) is 0 Å². The Morgan fingerprint density at radius 3 is 2.81 bits per heavy atom. The number of benzene rings is 2. The molecule has 21 heavy (non-hydrogen) atoms. The van der Waals surface area contributed by atoms with Crippen LogP contribution >= 0.6 is 0 Å². The minimum atomic E-state index is 0.621. The van der Waals surface area contributed by atoms with Crippen LogP contribution in [0, 0.1) is 0 Å². The Kier molecular flexibility index (Phi) is 2.74. The Morgan fingerprint density at radius 1 is 0.952 bits per heavy atom. The molecule has 0 saturated heterocycles. The fourth-order valence-electron chi connectivity index (χ4n) is 2.38. The molecule has 0 unspecified atom stereocenters. The van der Waals surface area contributed by atoms with E-state index in [2.05, 4.69) is 25.5 Å². The molecule has 2 heterocycles. The number of anilines is 1. The molecular weight excluding hydrogens is 262 g/mol. The summed E-state index contributed by atoms with van der Waals surface area (Å²) in [4.78, 5) is 9.03. The Bertz CT molecular complexity index is 912. The summed E-state index contributed by atoms with van der Waals surface area (Å²) in [5.74, 6) is 0. The zero-order chi connectivity index (χ0) is 14.1. The summed E-state index contributed by atoms with van der Waals surface area (Å²) in [5.41, 5.74) is 4.75. The van der Waals surface area contributed by atoms with E-state index in [4.69, 9.17) is 0 Å². The number of para-hydroxylation sites is 3. The second-order valence-electron chi connectivity index (χ2n) is 4.84. The summed E-state index contributed by atoms with van der Waals surface area (Å²) < 4.78 is 0. The van der Waals surface area contributed by atoms with Crippen LogP contribution in [0.4, 0.5) is 5.69 Å². The Morgan fingerprint density at radius 2 is 1.86 bits per heavy atom. The van der Waals surface area contributed by atoms with Crippen molar-refractivity contribution in [2.24, 2.45) is 0 Å². The molecule has 0 aliphatic rings. The van der Waals surface area contributed by atoms with E-state index in [9.17, 15) is 0 Å². The molecule has 2 aromatic carbocycles. The van der Waals surface area contributed by atoms with Crippen molar-refractivity contribution in [3.05, 3.63) is 60.6 Å².